The average molecular weight is 300 g/mol. The Hall–Kier alpha value is -1.99. The Kier molecular flexibility index (Phi) is 4.24. The fourth-order valence-electron chi connectivity index (χ4n) is 1.91. The molecule has 7 heteroatoms. The van der Waals surface area contributed by atoms with Gasteiger partial charge >= 0.3 is 6.18 Å². The minimum absolute atomic E-state index is 0.00884. The van der Waals surface area contributed by atoms with Crippen LogP contribution >= 0.6 is 0 Å². The van der Waals surface area contributed by atoms with E-state index in [2.05, 4.69) is 4.98 Å². The van der Waals surface area contributed by atoms with Gasteiger partial charge in [-0.15, -0.1) is 0 Å². The van der Waals surface area contributed by atoms with Gasteiger partial charge in [-0.2, -0.15) is 17.6 Å². The molecular formula is C14H12F4N2O. The summed E-state index contributed by atoms with van der Waals surface area (Å²) in [4.78, 5) is 3.35. The molecule has 0 spiro atoms. The van der Waals surface area contributed by atoms with Gasteiger partial charge in [0.25, 0.3) is 0 Å². The van der Waals surface area contributed by atoms with Crippen LogP contribution in [0.25, 0.3) is 0 Å². The summed E-state index contributed by atoms with van der Waals surface area (Å²) in [6.07, 6.45) is -4.74. The Labute approximate surface area is 118 Å². The maximum atomic E-state index is 13.0. The van der Waals surface area contributed by atoms with Crippen LogP contribution < -0.4 is 5.73 Å². The normalized spacial score (nSPS) is 14.8. The van der Waals surface area contributed by atoms with Crippen molar-refractivity contribution in [1.82, 2.24) is 4.98 Å². The third-order valence-electron chi connectivity index (χ3n) is 3.03. The highest BCUT2D eigenvalue weighted by Crippen LogP contribution is 2.33. The summed E-state index contributed by atoms with van der Waals surface area (Å²) in [5.74, 6) is -0.779. The molecule has 0 saturated heterocycles. The van der Waals surface area contributed by atoms with Gasteiger partial charge in [-0.25, -0.2) is 4.98 Å². The van der Waals surface area contributed by atoms with Crippen molar-refractivity contribution in [1.29, 1.82) is 0 Å². The monoisotopic (exact) mass is 300 g/mol. The molecule has 2 unspecified atom stereocenters. The average Bonchev–Trinajstić information content (AvgIpc) is 2.45. The smallest absolute Gasteiger partial charge is 0.386 e. The highest BCUT2D eigenvalue weighted by molar-refractivity contribution is 5.30. The molecule has 0 saturated carbocycles. The van der Waals surface area contributed by atoms with Crippen molar-refractivity contribution in [2.75, 3.05) is 0 Å². The zero-order chi connectivity index (χ0) is 15.6. The number of rotatable bonds is 3. The van der Waals surface area contributed by atoms with Crippen LogP contribution in [0.1, 0.15) is 28.8 Å². The van der Waals surface area contributed by atoms with Gasteiger partial charge in [-0.05, 0) is 35.4 Å². The Morgan fingerprint density at radius 2 is 1.81 bits per heavy atom. The van der Waals surface area contributed by atoms with Crippen molar-refractivity contribution in [2.45, 2.75) is 18.3 Å². The number of aromatic nitrogens is 1. The van der Waals surface area contributed by atoms with E-state index in [1.54, 1.807) is 0 Å². The maximum Gasteiger partial charge on any atom is 0.416 e. The predicted octanol–water partition coefficient (Wildman–Crippen LogP) is 2.97. The van der Waals surface area contributed by atoms with E-state index in [-0.39, 0.29) is 11.1 Å². The molecule has 1 heterocycles. The Morgan fingerprint density at radius 1 is 1.10 bits per heavy atom. The molecule has 0 aliphatic rings. The number of alkyl halides is 3. The summed E-state index contributed by atoms with van der Waals surface area (Å²) in [6, 6.07) is 5.59. The molecule has 2 rings (SSSR count). The van der Waals surface area contributed by atoms with Crippen molar-refractivity contribution >= 4 is 0 Å². The van der Waals surface area contributed by atoms with Crippen LogP contribution in [0.5, 0.6) is 0 Å². The predicted molar refractivity (Wildman–Crippen MR) is 67.5 cm³/mol. The standard InChI is InChI=1S/C14H12F4N2O/c15-11-7-8(4-5-20-11)12(19)13(21)9-2-1-3-10(6-9)14(16,17)18/h1-7,12-13,21H,19H2. The van der Waals surface area contributed by atoms with Gasteiger partial charge in [-0.3, -0.25) is 0 Å². The topological polar surface area (TPSA) is 59.1 Å². The molecule has 3 nitrogen and oxygen atoms in total. The molecule has 2 aromatic rings. The minimum Gasteiger partial charge on any atom is -0.386 e. The number of nitrogens with zero attached hydrogens (tertiary/aromatic N) is 1. The van der Waals surface area contributed by atoms with Crippen LogP contribution in [0.15, 0.2) is 42.6 Å². The first-order valence-corrected chi connectivity index (χ1v) is 6.01. The van der Waals surface area contributed by atoms with E-state index in [9.17, 15) is 22.7 Å². The zero-order valence-electron chi connectivity index (χ0n) is 10.7. The first-order chi connectivity index (χ1) is 9.79. The van der Waals surface area contributed by atoms with Crippen LogP contribution in [0.3, 0.4) is 0 Å². The summed E-state index contributed by atoms with van der Waals surface area (Å²) >= 11 is 0. The van der Waals surface area contributed by atoms with Crippen molar-refractivity contribution in [3.8, 4) is 0 Å². The summed E-state index contributed by atoms with van der Waals surface area (Å²) < 4.78 is 50.9. The van der Waals surface area contributed by atoms with Crippen molar-refractivity contribution in [2.24, 2.45) is 5.73 Å². The molecule has 0 radical (unpaired) electrons. The molecular weight excluding hydrogens is 288 g/mol. The van der Waals surface area contributed by atoms with Crippen molar-refractivity contribution in [3.63, 3.8) is 0 Å². The maximum absolute atomic E-state index is 13.0. The van der Waals surface area contributed by atoms with E-state index < -0.39 is 29.8 Å². The second-order valence-electron chi connectivity index (χ2n) is 4.51. The lowest BCUT2D eigenvalue weighted by Crippen LogP contribution is -2.20. The lowest BCUT2D eigenvalue weighted by molar-refractivity contribution is -0.137. The number of halogens is 4. The first-order valence-electron chi connectivity index (χ1n) is 6.01. The SMILES string of the molecule is NC(c1ccnc(F)c1)C(O)c1cccc(C(F)(F)F)c1. The number of aliphatic hydroxyl groups is 1. The summed E-state index contributed by atoms with van der Waals surface area (Å²) in [6.45, 7) is 0. The molecule has 3 N–H and O–H groups in total. The molecule has 1 aromatic heterocycles. The molecule has 0 amide bonds. The first kappa shape index (κ1) is 15.4. The van der Waals surface area contributed by atoms with Crippen molar-refractivity contribution < 1.29 is 22.7 Å². The highest BCUT2D eigenvalue weighted by atomic mass is 19.4. The van der Waals surface area contributed by atoms with Crippen LogP contribution in [-0.4, -0.2) is 10.1 Å². The van der Waals surface area contributed by atoms with Crippen molar-refractivity contribution in [3.05, 3.63) is 65.2 Å². The quantitative estimate of drug-likeness (QED) is 0.677. The second kappa shape index (κ2) is 5.79. The van der Waals surface area contributed by atoms with E-state index in [0.29, 0.717) is 0 Å². The van der Waals surface area contributed by atoms with Crippen LogP contribution in [0.2, 0.25) is 0 Å². The summed E-state index contributed by atoms with van der Waals surface area (Å²) in [5.41, 5.74) is 5.14. The number of benzene rings is 1. The van der Waals surface area contributed by atoms with Gasteiger partial charge in [0.15, 0.2) is 0 Å². The lowest BCUT2D eigenvalue weighted by atomic mass is 9.96. The third-order valence-corrected chi connectivity index (χ3v) is 3.03. The molecule has 1 aromatic carbocycles. The van der Waals surface area contributed by atoms with E-state index >= 15 is 0 Å². The van der Waals surface area contributed by atoms with Gasteiger partial charge in [0.1, 0.15) is 0 Å². The molecule has 0 aliphatic heterocycles. The largest absolute Gasteiger partial charge is 0.416 e. The van der Waals surface area contributed by atoms with Gasteiger partial charge in [0.2, 0.25) is 5.95 Å². The molecule has 21 heavy (non-hydrogen) atoms. The van der Waals surface area contributed by atoms with Gasteiger partial charge in [0, 0.05) is 6.20 Å². The van der Waals surface area contributed by atoms with Gasteiger partial charge in [0.05, 0.1) is 17.7 Å². The Morgan fingerprint density at radius 3 is 2.43 bits per heavy atom. The van der Waals surface area contributed by atoms with E-state index in [4.69, 9.17) is 5.73 Å². The lowest BCUT2D eigenvalue weighted by Gasteiger charge is -2.20. The number of pyridine rings is 1. The van der Waals surface area contributed by atoms with Gasteiger partial charge < -0.3 is 10.8 Å². The second-order valence-corrected chi connectivity index (χ2v) is 4.51. The number of hydrogen-bond acceptors (Lipinski definition) is 3. The van der Waals surface area contributed by atoms with E-state index in [1.807, 2.05) is 0 Å². The Balaban J connectivity index is 2.29. The molecule has 0 fully saturated rings. The highest BCUT2D eigenvalue weighted by Gasteiger charge is 2.31. The third kappa shape index (κ3) is 3.56. The van der Waals surface area contributed by atoms with Gasteiger partial charge in [-0.1, -0.05) is 12.1 Å². The summed E-state index contributed by atoms with van der Waals surface area (Å²) in [7, 11) is 0. The summed E-state index contributed by atoms with van der Waals surface area (Å²) in [5, 5.41) is 10.1. The molecule has 112 valence electrons. The number of nitrogens with two attached hydrogens (primary N) is 1. The van der Waals surface area contributed by atoms with Crippen LogP contribution in [-0.2, 0) is 6.18 Å². The molecule has 0 bridgehead atoms. The molecule has 2 atom stereocenters. The van der Waals surface area contributed by atoms with Crippen LogP contribution in [0, 0.1) is 5.95 Å². The molecule has 0 aliphatic carbocycles. The van der Waals surface area contributed by atoms with E-state index in [0.717, 1.165) is 18.2 Å². The van der Waals surface area contributed by atoms with Crippen LogP contribution in [0.4, 0.5) is 17.6 Å². The van der Waals surface area contributed by atoms with E-state index in [1.165, 1.54) is 24.4 Å². The number of aliphatic hydroxyl groups excluding tert-OH is 1. The zero-order valence-corrected chi connectivity index (χ0v) is 10.7. The Bertz CT molecular complexity index is 630. The fraction of sp³-hybridized carbons (Fsp3) is 0.214. The number of hydrogen-bond donors (Lipinski definition) is 2. The minimum atomic E-state index is -4.51. The fourth-order valence-corrected chi connectivity index (χ4v) is 1.91.